The van der Waals surface area contributed by atoms with Crippen molar-refractivity contribution in [2.45, 2.75) is 25.7 Å². The summed E-state index contributed by atoms with van der Waals surface area (Å²) in [6.07, 6.45) is 0.631. The topological polar surface area (TPSA) is 74.6 Å². The Kier molecular flexibility index (Phi) is 7.17. The predicted octanol–water partition coefficient (Wildman–Crippen LogP) is 2.45. The van der Waals surface area contributed by atoms with Gasteiger partial charge in [0.25, 0.3) is 0 Å². The number of allylic oxidation sites excluding steroid dienone is 1. The average molecular weight is 255 g/mol. The average Bonchev–Trinajstić information content (AvgIpc) is 2.11. The highest BCUT2D eigenvalue weighted by atomic mass is 35.5. The largest absolute Gasteiger partial charge is 0.481 e. The smallest absolute Gasteiger partial charge is 0.332 e. The predicted molar refractivity (Wildman–Crippen MR) is 57.3 cm³/mol. The van der Waals surface area contributed by atoms with Crippen LogP contribution in [0, 0.1) is 0 Å². The third-order valence-electron chi connectivity index (χ3n) is 1.72. The fourth-order valence-electron chi connectivity index (χ4n) is 1.01. The van der Waals surface area contributed by atoms with Crippen LogP contribution >= 0.6 is 23.2 Å². The first-order valence-electron chi connectivity index (χ1n) is 4.37. The Morgan fingerprint density at radius 3 is 2.07 bits per heavy atom. The van der Waals surface area contributed by atoms with Crippen molar-refractivity contribution in [2.75, 3.05) is 5.88 Å². The normalized spacial score (nSPS) is 12.1. The van der Waals surface area contributed by atoms with Crippen molar-refractivity contribution in [3.05, 3.63) is 10.6 Å². The van der Waals surface area contributed by atoms with E-state index in [2.05, 4.69) is 0 Å². The Balaban J connectivity index is 4.34. The van der Waals surface area contributed by atoms with Crippen LogP contribution in [0.3, 0.4) is 0 Å². The molecule has 0 bridgehead atoms. The molecule has 0 rings (SSSR count). The molecule has 0 saturated carbocycles. The fraction of sp³-hybridized carbons (Fsp3) is 0.556. The minimum atomic E-state index is -1.12. The first-order chi connectivity index (χ1) is 6.99. The van der Waals surface area contributed by atoms with Crippen LogP contribution in [0.4, 0.5) is 0 Å². The SMILES string of the molecule is O=C(O)CCCC(C(=O)O)=C(Cl)CCCl. The Bertz CT molecular complexity index is 273. The van der Waals surface area contributed by atoms with Crippen LogP contribution in [0.1, 0.15) is 25.7 Å². The Morgan fingerprint density at radius 2 is 1.67 bits per heavy atom. The molecular weight excluding hydrogens is 243 g/mol. The number of carboxylic acid groups (broad SMARTS) is 2. The fourth-order valence-corrected chi connectivity index (χ4v) is 1.56. The van der Waals surface area contributed by atoms with Crippen molar-refractivity contribution in [1.29, 1.82) is 0 Å². The van der Waals surface area contributed by atoms with Gasteiger partial charge in [-0.25, -0.2) is 4.79 Å². The molecule has 15 heavy (non-hydrogen) atoms. The van der Waals surface area contributed by atoms with Crippen molar-refractivity contribution < 1.29 is 19.8 Å². The summed E-state index contributed by atoms with van der Waals surface area (Å²) in [6, 6.07) is 0. The molecule has 2 N–H and O–H groups in total. The number of carboxylic acids is 2. The van der Waals surface area contributed by atoms with Gasteiger partial charge in [-0.3, -0.25) is 4.79 Å². The summed E-state index contributed by atoms with van der Waals surface area (Å²) in [7, 11) is 0. The summed E-state index contributed by atoms with van der Waals surface area (Å²) < 4.78 is 0. The summed E-state index contributed by atoms with van der Waals surface area (Å²) >= 11 is 11.1. The molecule has 0 amide bonds. The first-order valence-corrected chi connectivity index (χ1v) is 5.28. The van der Waals surface area contributed by atoms with E-state index < -0.39 is 11.9 Å². The van der Waals surface area contributed by atoms with Gasteiger partial charge in [-0.15, -0.1) is 11.6 Å². The Hall–Kier alpha value is -0.740. The highest BCUT2D eigenvalue weighted by molar-refractivity contribution is 6.32. The third-order valence-corrected chi connectivity index (χ3v) is 2.32. The van der Waals surface area contributed by atoms with Gasteiger partial charge in [-0.05, 0) is 19.3 Å². The van der Waals surface area contributed by atoms with E-state index in [4.69, 9.17) is 33.4 Å². The molecular formula is C9H12Cl2O4. The van der Waals surface area contributed by atoms with Crippen molar-refractivity contribution in [3.63, 3.8) is 0 Å². The number of aliphatic carboxylic acids is 2. The molecule has 0 fully saturated rings. The molecule has 0 aromatic rings. The van der Waals surface area contributed by atoms with Crippen molar-refractivity contribution in [1.82, 2.24) is 0 Å². The summed E-state index contributed by atoms with van der Waals surface area (Å²) in [5.74, 6) is -1.82. The molecule has 6 heteroatoms. The van der Waals surface area contributed by atoms with Crippen LogP contribution in [-0.2, 0) is 9.59 Å². The lowest BCUT2D eigenvalue weighted by Gasteiger charge is -2.04. The number of carbonyl (C=O) groups is 2. The van der Waals surface area contributed by atoms with Crippen molar-refractivity contribution >= 4 is 35.1 Å². The maximum atomic E-state index is 10.8. The van der Waals surface area contributed by atoms with Crippen LogP contribution in [0.25, 0.3) is 0 Å². The minimum Gasteiger partial charge on any atom is -0.481 e. The second-order valence-electron chi connectivity index (χ2n) is 2.87. The van der Waals surface area contributed by atoms with Crippen molar-refractivity contribution in [3.8, 4) is 0 Å². The van der Waals surface area contributed by atoms with Gasteiger partial charge in [0.1, 0.15) is 0 Å². The summed E-state index contributed by atoms with van der Waals surface area (Å²) in [5, 5.41) is 17.4. The molecule has 0 heterocycles. The van der Waals surface area contributed by atoms with Crippen LogP contribution in [0.15, 0.2) is 10.6 Å². The number of hydrogen-bond donors (Lipinski definition) is 2. The van der Waals surface area contributed by atoms with Gasteiger partial charge in [0, 0.05) is 17.3 Å². The van der Waals surface area contributed by atoms with Crippen LogP contribution < -0.4 is 0 Å². The number of rotatable bonds is 7. The molecule has 0 spiro atoms. The van der Waals surface area contributed by atoms with E-state index in [1.165, 1.54) is 0 Å². The van der Waals surface area contributed by atoms with Gasteiger partial charge in [-0.1, -0.05) is 11.6 Å². The van der Waals surface area contributed by atoms with Crippen LogP contribution in [0.5, 0.6) is 0 Å². The number of hydrogen-bond acceptors (Lipinski definition) is 2. The molecule has 0 atom stereocenters. The standard InChI is InChI=1S/C9H12Cl2O4/c10-5-4-7(11)6(9(14)15)2-1-3-8(12)13/h1-5H2,(H,12,13)(H,14,15). The maximum absolute atomic E-state index is 10.8. The maximum Gasteiger partial charge on any atom is 0.332 e. The van der Waals surface area contributed by atoms with E-state index in [1.807, 2.05) is 0 Å². The second kappa shape index (κ2) is 7.54. The van der Waals surface area contributed by atoms with E-state index in [1.54, 1.807) is 0 Å². The Labute approximate surface area is 97.5 Å². The first kappa shape index (κ1) is 14.3. The van der Waals surface area contributed by atoms with E-state index in [9.17, 15) is 9.59 Å². The molecule has 0 aliphatic carbocycles. The van der Waals surface area contributed by atoms with E-state index in [0.717, 1.165) is 0 Å². The molecule has 0 unspecified atom stereocenters. The van der Waals surface area contributed by atoms with Gasteiger partial charge >= 0.3 is 11.9 Å². The molecule has 0 aliphatic rings. The monoisotopic (exact) mass is 254 g/mol. The molecule has 0 radical (unpaired) electrons. The summed E-state index contributed by atoms with van der Waals surface area (Å²) in [4.78, 5) is 21.0. The molecule has 86 valence electrons. The van der Waals surface area contributed by atoms with Gasteiger partial charge < -0.3 is 10.2 Å². The van der Waals surface area contributed by atoms with E-state index >= 15 is 0 Å². The minimum absolute atomic E-state index is 0.0542. The lowest BCUT2D eigenvalue weighted by molar-refractivity contribution is -0.137. The summed E-state index contributed by atoms with van der Waals surface area (Å²) in [6.45, 7) is 0. The molecule has 4 nitrogen and oxygen atoms in total. The zero-order valence-electron chi connectivity index (χ0n) is 8.00. The highest BCUT2D eigenvalue weighted by Crippen LogP contribution is 2.20. The molecule has 0 saturated heterocycles. The third kappa shape index (κ3) is 6.36. The lowest BCUT2D eigenvalue weighted by atomic mass is 10.1. The summed E-state index contributed by atoms with van der Waals surface area (Å²) in [5.41, 5.74) is 0.0542. The van der Waals surface area contributed by atoms with Gasteiger partial charge in [0.2, 0.25) is 0 Å². The zero-order valence-corrected chi connectivity index (χ0v) is 9.51. The van der Waals surface area contributed by atoms with Gasteiger partial charge in [-0.2, -0.15) is 0 Å². The van der Waals surface area contributed by atoms with E-state index in [-0.39, 0.29) is 42.2 Å². The van der Waals surface area contributed by atoms with Gasteiger partial charge in [0.15, 0.2) is 0 Å². The molecule has 0 aliphatic heterocycles. The molecule has 0 aromatic carbocycles. The lowest BCUT2D eigenvalue weighted by Crippen LogP contribution is -2.04. The number of alkyl halides is 1. The number of halogens is 2. The Morgan fingerprint density at radius 1 is 1.07 bits per heavy atom. The quantitative estimate of drug-likeness (QED) is 0.541. The zero-order chi connectivity index (χ0) is 11.8. The van der Waals surface area contributed by atoms with Gasteiger partial charge in [0.05, 0.1) is 5.57 Å². The highest BCUT2D eigenvalue weighted by Gasteiger charge is 2.13. The van der Waals surface area contributed by atoms with Crippen LogP contribution in [-0.4, -0.2) is 28.0 Å². The molecule has 0 aromatic heterocycles. The van der Waals surface area contributed by atoms with Crippen LogP contribution in [0.2, 0.25) is 0 Å². The van der Waals surface area contributed by atoms with E-state index in [0.29, 0.717) is 0 Å². The van der Waals surface area contributed by atoms with Crippen molar-refractivity contribution in [2.24, 2.45) is 0 Å². The second-order valence-corrected chi connectivity index (χ2v) is 3.71.